The van der Waals surface area contributed by atoms with E-state index < -0.39 is 48.4 Å². The second-order valence-electron chi connectivity index (χ2n) is 9.88. The van der Waals surface area contributed by atoms with E-state index in [2.05, 4.69) is 0 Å². The van der Waals surface area contributed by atoms with Gasteiger partial charge in [-0.3, -0.25) is 14.5 Å². The van der Waals surface area contributed by atoms with Crippen LogP contribution in [0.4, 0.5) is 26.3 Å². The molecule has 2 saturated heterocycles. The number of primary amides is 1. The molecular weight excluding hydrogens is 528 g/mol. The van der Waals surface area contributed by atoms with Crippen molar-refractivity contribution in [2.75, 3.05) is 26.2 Å². The largest absolute Gasteiger partial charge is 0.492 e. The van der Waals surface area contributed by atoms with Gasteiger partial charge in [0.15, 0.2) is 0 Å². The monoisotopic (exact) mass is 557 g/mol. The number of hydrogen-bond acceptors (Lipinski definition) is 4. The minimum Gasteiger partial charge on any atom is -0.492 e. The Hall–Kier alpha value is -3.28. The molecule has 0 spiro atoms. The number of piperidine rings is 1. The summed E-state index contributed by atoms with van der Waals surface area (Å²) in [7, 11) is 0. The molecule has 6 nitrogen and oxygen atoms in total. The van der Waals surface area contributed by atoms with E-state index in [0.717, 1.165) is 11.0 Å². The molecule has 0 radical (unpaired) electrons. The number of hydrogen-bond donors (Lipinski definition) is 1. The molecule has 0 aliphatic carbocycles. The van der Waals surface area contributed by atoms with E-state index in [1.165, 1.54) is 11.0 Å². The first-order valence-corrected chi connectivity index (χ1v) is 12.7. The van der Waals surface area contributed by atoms with E-state index in [0.29, 0.717) is 49.0 Å². The quantitative estimate of drug-likeness (QED) is 0.463. The topological polar surface area (TPSA) is 75.9 Å². The van der Waals surface area contributed by atoms with Crippen molar-refractivity contribution in [3.05, 3.63) is 53.8 Å². The minimum atomic E-state index is -5.63. The number of rotatable bonds is 8. The van der Waals surface area contributed by atoms with Gasteiger partial charge in [-0.1, -0.05) is 30.7 Å². The molecule has 2 fully saturated rings. The summed E-state index contributed by atoms with van der Waals surface area (Å²) >= 11 is 0. The van der Waals surface area contributed by atoms with E-state index in [9.17, 15) is 35.9 Å². The van der Waals surface area contributed by atoms with Crippen molar-refractivity contribution in [3.63, 3.8) is 0 Å². The van der Waals surface area contributed by atoms with Crippen LogP contribution < -0.4 is 10.5 Å². The van der Waals surface area contributed by atoms with Crippen LogP contribution in [0.15, 0.2) is 42.5 Å². The fraction of sp³-hybridized carbons (Fsp3) is 0.481. The molecule has 0 bridgehead atoms. The van der Waals surface area contributed by atoms with E-state index in [1.807, 2.05) is 0 Å². The number of amides is 2. The second-order valence-corrected chi connectivity index (χ2v) is 9.88. The highest BCUT2D eigenvalue weighted by Gasteiger charge is 2.58. The standard InChI is InChI=1S/C27H29F6N3O3/c28-21-7-3-6-20(23(21)25(38)36-14-4-8-22(36)24(34)37)17-9-11-19(12-10-17)39-15-18-5-1-2-13-35(18)16-26(29,30)27(31,32)33/h3,6-7,9-12,18,22H,1-2,4-5,8,13-16H2,(H2,34,37)/t18?,22-/m0/s1. The molecule has 2 atom stereocenters. The Morgan fingerprint density at radius 1 is 0.949 bits per heavy atom. The Morgan fingerprint density at radius 2 is 1.67 bits per heavy atom. The van der Waals surface area contributed by atoms with E-state index in [-0.39, 0.29) is 25.3 Å². The summed E-state index contributed by atoms with van der Waals surface area (Å²) in [6, 6.07) is 9.04. The molecular formula is C27H29F6N3O3. The zero-order valence-corrected chi connectivity index (χ0v) is 21.0. The second kappa shape index (κ2) is 11.4. The summed E-state index contributed by atoms with van der Waals surface area (Å²) < 4.78 is 86.0. The first-order chi connectivity index (χ1) is 18.4. The number of nitrogens with zero attached hydrogens (tertiary/aromatic N) is 2. The lowest BCUT2D eigenvalue weighted by Gasteiger charge is -2.37. The zero-order valence-electron chi connectivity index (χ0n) is 21.0. The number of halogens is 6. The van der Waals surface area contributed by atoms with Crippen LogP contribution >= 0.6 is 0 Å². The number of nitrogens with two attached hydrogens (primary N) is 1. The fourth-order valence-electron chi connectivity index (χ4n) is 5.16. The molecule has 1 unspecified atom stereocenters. The first kappa shape index (κ1) is 28.7. The molecule has 2 aliphatic heterocycles. The van der Waals surface area contributed by atoms with Gasteiger partial charge in [0.05, 0.1) is 12.1 Å². The normalized spacial score (nSPS) is 20.7. The highest BCUT2D eigenvalue weighted by Crippen LogP contribution is 2.37. The number of ether oxygens (including phenoxy) is 1. The van der Waals surface area contributed by atoms with E-state index >= 15 is 0 Å². The molecule has 2 aromatic rings. The lowest BCUT2D eigenvalue weighted by Crippen LogP contribution is -2.53. The molecule has 0 saturated carbocycles. The third-order valence-electron chi connectivity index (χ3n) is 7.24. The van der Waals surface area contributed by atoms with Crippen LogP contribution in [0.25, 0.3) is 11.1 Å². The molecule has 4 rings (SSSR count). The maximum Gasteiger partial charge on any atom is 0.454 e. The molecule has 0 aromatic heterocycles. The van der Waals surface area contributed by atoms with Crippen molar-refractivity contribution < 1.29 is 40.7 Å². The Balaban J connectivity index is 1.47. The average molecular weight is 558 g/mol. The van der Waals surface area contributed by atoms with Crippen molar-refractivity contribution in [2.24, 2.45) is 5.73 Å². The van der Waals surface area contributed by atoms with Gasteiger partial charge in [-0.05, 0) is 61.6 Å². The Labute approximate surface area is 221 Å². The molecule has 2 aromatic carbocycles. The summed E-state index contributed by atoms with van der Waals surface area (Å²) in [5.74, 6) is -6.53. The lowest BCUT2D eigenvalue weighted by atomic mass is 9.97. The van der Waals surface area contributed by atoms with Gasteiger partial charge < -0.3 is 15.4 Å². The van der Waals surface area contributed by atoms with Gasteiger partial charge in [-0.15, -0.1) is 0 Å². The lowest BCUT2D eigenvalue weighted by molar-refractivity contribution is -0.288. The highest BCUT2D eigenvalue weighted by molar-refractivity contribution is 6.03. The molecule has 2 heterocycles. The molecule has 2 amide bonds. The maximum absolute atomic E-state index is 14.9. The van der Waals surface area contributed by atoms with Crippen molar-refractivity contribution in [1.82, 2.24) is 9.80 Å². The van der Waals surface area contributed by atoms with Crippen molar-refractivity contribution in [1.29, 1.82) is 0 Å². The maximum atomic E-state index is 14.9. The summed E-state index contributed by atoms with van der Waals surface area (Å²) in [6.45, 7) is -1.11. The van der Waals surface area contributed by atoms with E-state index in [1.54, 1.807) is 30.3 Å². The first-order valence-electron chi connectivity index (χ1n) is 12.7. The Bertz CT molecular complexity index is 1190. The van der Waals surface area contributed by atoms with Gasteiger partial charge >= 0.3 is 12.1 Å². The van der Waals surface area contributed by atoms with Crippen LogP contribution in [0.3, 0.4) is 0 Å². The fourth-order valence-corrected chi connectivity index (χ4v) is 5.16. The van der Waals surface area contributed by atoms with Crippen LogP contribution in [0, 0.1) is 5.82 Å². The number of likely N-dealkylation sites (tertiary alicyclic amines) is 2. The zero-order chi connectivity index (χ0) is 28.4. The van der Waals surface area contributed by atoms with Gasteiger partial charge in [0.25, 0.3) is 5.91 Å². The van der Waals surface area contributed by atoms with Crippen molar-refractivity contribution in [2.45, 2.75) is 56.3 Å². The molecule has 2 aliphatic rings. The van der Waals surface area contributed by atoms with Crippen LogP contribution in [0.1, 0.15) is 42.5 Å². The van der Waals surface area contributed by atoms with Gasteiger partial charge in [-0.2, -0.15) is 22.0 Å². The minimum absolute atomic E-state index is 0.0829. The van der Waals surface area contributed by atoms with Gasteiger partial charge in [0, 0.05) is 12.6 Å². The van der Waals surface area contributed by atoms with Gasteiger partial charge in [0.2, 0.25) is 5.91 Å². The van der Waals surface area contributed by atoms with Gasteiger partial charge in [0.1, 0.15) is 24.2 Å². The average Bonchev–Trinajstić information content (AvgIpc) is 3.38. The van der Waals surface area contributed by atoms with Gasteiger partial charge in [-0.25, -0.2) is 4.39 Å². The number of benzene rings is 2. The molecule has 212 valence electrons. The third kappa shape index (κ3) is 6.32. The SMILES string of the molecule is NC(=O)[C@@H]1CCCN1C(=O)c1c(F)cccc1-c1ccc(OCC2CCCCN2CC(F)(F)C(F)(F)F)cc1. The smallest absolute Gasteiger partial charge is 0.454 e. The van der Waals surface area contributed by atoms with Crippen LogP contribution in [0.2, 0.25) is 0 Å². The third-order valence-corrected chi connectivity index (χ3v) is 7.24. The predicted molar refractivity (Wildman–Crippen MR) is 131 cm³/mol. The molecule has 12 heteroatoms. The van der Waals surface area contributed by atoms with Crippen molar-refractivity contribution in [3.8, 4) is 16.9 Å². The van der Waals surface area contributed by atoms with Crippen LogP contribution in [-0.4, -0.2) is 72.0 Å². The summed E-state index contributed by atoms with van der Waals surface area (Å²) in [5.41, 5.74) is 6.02. The Morgan fingerprint density at radius 3 is 2.33 bits per heavy atom. The van der Waals surface area contributed by atoms with E-state index in [4.69, 9.17) is 10.5 Å². The highest BCUT2D eigenvalue weighted by atomic mass is 19.4. The van der Waals surface area contributed by atoms with Crippen molar-refractivity contribution >= 4 is 11.8 Å². The number of carbonyl (C=O) groups excluding carboxylic acids is 2. The number of alkyl halides is 5. The van der Waals surface area contributed by atoms with Crippen LogP contribution in [-0.2, 0) is 4.79 Å². The Kier molecular flexibility index (Phi) is 8.43. The molecule has 2 N–H and O–H groups in total. The van der Waals surface area contributed by atoms with Crippen LogP contribution in [0.5, 0.6) is 5.75 Å². The summed E-state index contributed by atoms with van der Waals surface area (Å²) in [6.07, 6.45) is -3.02. The predicted octanol–water partition coefficient (Wildman–Crippen LogP) is 5.01. The summed E-state index contributed by atoms with van der Waals surface area (Å²) in [5, 5.41) is 0. The molecule has 39 heavy (non-hydrogen) atoms. The number of carbonyl (C=O) groups is 2. The summed E-state index contributed by atoms with van der Waals surface area (Å²) in [4.78, 5) is 27.4.